The zero-order chi connectivity index (χ0) is 22.7. The molecule has 3 aromatic rings. The third-order valence-corrected chi connectivity index (χ3v) is 5.23. The lowest BCUT2D eigenvalue weighted by atomic mass is 10.1. The Bertz CT molecular complexity index is 1160. The number of carbonyl (C=O) groups excluding carboxylic acids is 2. The molecule has 2 aromatic heterocycles. The van der Waals surface area contributed by atoms with Gasteiger partial charge in [0, 0.05) is 12.0 Å². The van der Waals surface area contributed by atoms with Gasteiger partial charge in [-0.05, 0) is 31.2 Å². The molecule has 0 saturated heterocycles. The van der Waals surface area contributed by atoms with E-state index in [4.69, 9.17) is 15.0 Å². The maximum atomic E-state index is 12.1. The van der Waals surface area contributed by atoms with Crippen molar-refractivity contribution in [3.8, 4) is 17.1 Å². The molecule has 0 unspecified atom stereocenters. The quantitative estimate of drug-likeness (QED) is 0.438. The van der Waals surface area contributed by atoms with E-state index in [1.165, 1.54) is 13.2 Å². The molecule has 2 heterocycles. The van der Waals surface area contributed by atoms with E-state index in [0.717, 1.165) is 12.8 Å². The van der Waals surface area contributed by atoms with Crippen LogP contribution in [0.4, 0.5) is 17.2 Å². The molecule has 1 saturated carbocycles. The molecule has 4 rings (SSSR count). The summed E-state index contributed by atoms with van der Waals surface area (Å²) in [5.41, 5.74) is 6.76. The van der Waals surface area contributed by atoms with Gasteiger partial charge in [-0.1, -0.05) is 11.2 Å². The van der Waals surface area contributed by atoms with Crippen molar-refractivity contribution in [3.63, 3.8) is 0 Å². The van der Waals surface area contributed by atoms with Crippen LogP contribution < -0.4 is 21.1 Å². The number of benzene rings is 1. The van der Waals surface area contributed by atoms with Gasteiger partial charge < -0.3 is 25.6 Å². The van der Waals surface area contributed by atoms with E-state index in [2.05, 4.69) is 31.0 Å². The lowest BCUT2D eigenvalue weighted by Crippen LogP contribution is -2.19. The van der Waals surface area contributed by atoms with Crippen molar-refractivity contribution in [2.45, 2.75) is 18.6 Å². The molecular weight excluding hydrogens is 434 g/mol. The zero-order valence-corrected chi connectivity index (χ0v) is 18.2. The van der Waals surface area contributed by atoms with Crippen LogP contribution in [0.25, 0.3) is 11.4 Å². The van der Waals surface area contributed by atoms with Gasteiger partial charge in [-0.2, -0.15) is 16.7 Å². The van der Waals surface area contributed by atoms with Gasteiger partial charge in [-0.3, -0.25) is 9.59 Å². The Morgan fingerprint density at radius 1 is 1.28 bits per heavy atom. The summed E-state index contributed by atoms with van der Waals surface area (Å²) >= 11 is 1.57. The number of aromatic nitrogens is 4. The lowest BCUT2D eigenvalue weighted by molar-refractivity contribution is -0.117. The smallest absolute Gasteiger partial charge is 0.271 e. The maximum Gasteiger partial charge on any atom is 0.271 e. The molecule has 0 bridgehead atoms. The highest BCUT2D eigenvalue weighted by Gasteiger charge is 2.30. The second kappa shape index (κ2) is 9.22. The number of rotatable bonds is 9. The molecule has 1 aliphatic carbocycles. The fourth-order valence-electron chi connectivity index (χ4n) is 3.03. The van der Waals surface area contributed by atoms with Crippen LogP contribution in [0.1, 0.15) is 29.2 Å². The van der Waals surface area contributed by atoms with Crippen LogP contribution >= 0.6 is 11.8 Å². The monoisotopic (exact) mass is 455 g/mol. The summed E-state index contributed by atoms with van der Waals surface area (Å²) in [6.07, 6.45) is 3.64. The standard InChI is InChI=1S/C20H21N7O4S/c1-30-17-11(19-24-15(9-32-2)31-27-19)4-3-5-12(17)22-13-8-14(23-20(29)10-6-7-10)25-26-16(13)18(21)28/h3-5,8,10H,6-7,9H2,1-2H3,(H2,21,28)(H2,22,23,25,29). The number of methoxy groups -OCH3 is 1. The van der Waals surface area contributed by atoms with Crippen LogP contribution in [0.3, 0.4) is 0 Å². The van der Waals surface area contributed by atoms with Gasteiger partial charge in [0.25, 0.3) is 5.91 Å². The van der Waals surface area contributed by atoms with E-state index in [0.29, 0.717) is 34.5 Å². The van der Waals surface area contributed by atoms with Gasteiger partial charge in [0.15, 0.2) is 17.3 Å². The number of nitrogens with one attached hydrogen (secondary N) is 2. The second-order valence-corrected chi connectivity index (χ2v) is 7.94. The van der Waals surface area contributed by atoms with Crippen molar-refractivity contribution < 1.29 is 18.8 Å². The number of carbonyl (C=O) groups is 2. The average molecular weight is 456 g/mol. The van der Waals surface area contributed by atoms with Gasteiger partial charge in [0.05, 0.1) is 29.8 Å². The largest absolute Gasteiger partial charge is 0.494 e. The number of hydrogen-bond acceptors (Lipinski definition) is 10. The average Bonchev–Trinajstić information content (AvgIpc) is 3.53. The van der Waals surface area contributed by atoms with E-state index >= 15 is 0 Å². The molecule has 0 aliphatic heterocycles. The normalized spacial score (nSPS) is 12.9. The van der Waals surface area contributed by atoms with Crippen LogP contribution in [-0.2, 0) is 10.5 Å². The van der Waals surface area contributed by atoms with E-state index in [9.17, 15) is 9.59 Å². The lowest BCUT2D eigenvalue weighted by Gasteiger charge is -2.15. The van der Waals surface area contributed by atoms with Gasteiger partial charge in [-0.15, -0.1) is 10.2 Å². The minimum atomic E-state index is -0.768. The van der Waals surface area contributed by atoms with Crippen LogP contribution in [0, 0.1) is 5.92 Å². The molecule has 0 atom stereocenters. The minimum Gasteiger partial charge on any atom is -0.494 e. The highest BCUT2D eigenvalue weighted by Crippen LogP contribution is 2.37. The summed E-state index contributed by atoms with van der Waals surface area (Å²) in [5, 5.41) is 17.6. The number of primary amides is 1. The van der Waals surface area contributed by atoms with E-state index in [1.54, 1.807) is 30.0 Å². The molecule has 0 spiro atoms. The number of hydrogen-bond donors (Lipinski definition) is 3. The molecule has 12 heteroatoms. The molecule has 1 aliphatic rings. The molecule has 32 heavy (non-hydrogen) atoms. The molecule has 1 fully saturated rings. The predicted molar refractivity (Wildman–Crippen MR) is 119 cm³/mol. The highest BCUT2D eigenvalue weighted by molar-refractivity contribution is 7.97. The fraction of sp³-hybridized carbons (Fsp3) is 0.300. The molecule has 166 valence electrons. The summed E-state index contributed by atoms with van der Waals surface area (Å²) in [4.78, 5) is 28.4. The van der Waals surface area contributed by atoms with Crippen LogP contribution in [0.5, 0.6) is 5.75 Å². The molecule has 0 radical (unpaired) electrons. The first-order valence-corrected chi connectivity index (χ1v) is 11.1. The fourth-order valence-corrected chi connectivity index (χ4v) is 3.39. The van der Waals surface area contributed by atoms with Crippen LogP contribution in [-0.4, -0.2) is 45.5 Å². The molecule has 4 N–H and O–H groups in total. The van der Waals surface area contributed by atoms with Crippen molar-refractivity contribution >= 4 is 40.8 Å². The second-order valence-electron chi connectivity index (χ2n) is 7.08. The molecule has 1 aromatic carbocycles. The van der Waals surface area contributed by atoms with E-state index < -0.39 is 5.91 Å². The number of nitrogens with zero attached hydrogens (tertiary/aromatic N) is 4. The van der Waals surface area contributed by atoms with Crippen LogP contribution in [0.15, 0.2) is 28.8 Å². The first kappa shape index (κ1) is 21.6. The van der Waals surface area contributed by atoms with Crippen molar-refractivity contribution in [1.82, 2.24) is 20.3 Å². The van der Waals surface area contributed by atoms with Gasteiger partial charge >= 0.3 is 0 Å². The Hall–Kier alpha value is -3.67. The van der Waals surface area contributed by atoms with E-state index in [-0.39, 0.29) is 29.0 Å². The van der Waals surface area contributed by atoms with Crippen LogP contribution in [0.2, 0.25) is 0 Å². The van der Waals surface area contributed by atoms with Crippen molar-refractivity contribution in [2.24, 2.45) is 11.7 Å². The number of amides is 2. The molecule has 11 nitrogen and oxygen atoms in total. The van der Waals surface area contributed by atoms with Gasteiger partial charge in [0.2, 0.25) is 17.6 Å². The summed E-state index contributed by atoms with van der Waals surface area (Å²) < 4.78 is 10.9. The Balaban J connectivity index is 1.67. The summed E-state index contributed by atoms with van der Waals surface area (Å²) in [6, 6.07) is 6.82. The Kier molecular flexibility index (Phi) is 6.21. The topological polar surface area (TPSA) is 158 Å². The van der Waals surface area contributed by atoms with Crippen molar-refractivity contribution in [2.75, 3.05) is 24.0 Å². The Morgan fingerprint density at radius 2 is 2.09 bits per heavy atom. The number of thioether (sulfide) groups is 1. The third kappa shape index (κ3) is 4.64. The number of para-hydroxylation sites is 1. The van der Waals surface area contributed by atoms with Gasteiger partial charge in [0.1, 0.15) is 0 Å². The SMILES string of the molecule is COc1c(Nc2cc(NC(=O)C3CC3)nnc2C(N)=O)cccc1-c1noc(CSC)n1. The number of anilines is 3. The highest BCUT2D eigenvalue weighted by atomic mass is 32.2. The third-order valence-electron chi connectivity index (χ3n) is 4.69. The first-order valence-electron chi connectivity index (χ1n) is 9.74. The Labute approximate surface area is 187 Å². The molecular formula is C20H21N7O4S. The summed E-state index contributed by atoms with van der Waals surface area (Å²) in [5.74, 6) is 1.20. The predicted octanol–water partition coefficient (Wildman–Crippen LogP) is 2.59. The number of ether oxygens (including phenoxy) is 1. The first-order chi connectivity index (χ1) is 15.5. The molecule has 2 amide bonds. The Morgan fingerprint density at radius 3 is 2.78 bits per heavy atom. The summed E-state index contributed by atoms with van der Waals surface area (Å²) in [7, 11) is 1.51. The van der Waals surface area contributed by atoms with E-state index in [1.807, 2.05) is 6.26 Å². The minimum absolute atomic E-state index is 0.00763. The maximum absolute atomic E-state index is 12.1. The van der Waals surface area contributed by atoms with Crippen molar-refractivity contribution in [3.05, 3.63) is 35.9 Å². The number of nitrogens with two attached hydrogens (primary N) is 1. The van der Waals surface area contributed by atoms with Crippen molar-refractivity contribution in [1.29, 1.82) is 0 Å². The van der Waals surface area contributed by atoms with Gasteiger partial charge in [-0.25, -0.2) is 0 Å². The zero-order valence-electron chi connectivity index (χ0n) is 17.4. The summed E-state index contributed by atoms with van der Waals surface area (Å²) in [6.45, 7) is 0.